The largest absolute Gasteiger partial charge is 0.379 e. The number of nitrogens with zero attached hydrogens (tertiary/aromatic N) is 2. The summed E-state index contributed by atoms with van der Waals surface area (Å²) < 4.78 is 37.7. The topological polar surface area (TPSA) is 59.1 Å². The molecule has 2 fully saturated rings. The lowest BCUT2D eigenvalue weighted by atomic mass is 10.3. The van der Waals surface area contributed by atoms with Crippen LogP contribution >= 0.6 is 0 Å². The molecule has 1 unspecified atom stereocenters. The smallest absolute Gasteiger partial charge is 0.243 e. The van der Waals surface area contributed by atoms with Crippen LogP contribution in [0.3, 0.4) is 0 Å². The minimum Gasteiger partial charge on any atom is -0.379 e. The van der Waals surface area contributed by atoms with E-state index in [0.29, 0.717) is 31.2 Å². The van der Waals surface area contributed by atoms with Crippen LogP contribution in [-0.4, -0.2) is 76.3 Å². The van der Waals surface area contributed by atoms with Crippen LogP contribution in [0.1, 0.15) is 6.42 Å². The van der Waals surface area contributed by atoms with E-state index in [2.05, 4.69) is 4.90 Å². The fraction of sp³-hybridized carbons (Fsp3) is 0.625. The molecule has 6 nitrogen and oxygen atoms in total. The van der Waals surface area contributed by atoms with E-state index < -0.39 is 10.0 Å². The summed E-state index contributed by atoms with van der Waals surface area (Å²) in [5, 5.41) is 0. The minimum atomic E-state index is -3.36. The van der Waals surface area contributed by atoms with Crippen molar-refractivity contribution in [1.29, 1.82) is 0 Å². The Labute approximate surface area is 138 Å². The SMILES string of the molecule is O=S(=O)(c1ccccc1)N1CCN(CCOC2CCOC2)CC1. The summed E-state index contributed by atoms with van der Waals surface area (Å²) in [5.41, 5.74) is 0. The third-order valence-electron chi connectivity index (χ3n) is 4.36. The van der Waals surface area contributed by atoms with Crippen molar-refractivity contribution in [3.63, 3.8) is 0 Å². The summed E-state index contributed by atoms with van der Waals surface area (Å²) in [6.45, 7) is 5.57. The van der Waals surface area contributed by atoms with E-state index in [1.54, 1.807) is 28.6 Å². The van der Waals surface area contributed by atoms with Crippen LogP contribution in [0.4, 0.5) is 0 Å². The van der Waals surface area contributed by atoms with Crippen molar-refractivity contribution in [3.05, 3.63) is 30.3 Å². The van der Waals surface area contributed by atoms with Gasteiger partial charge in [-0.15, -0.1) is 0 Å². The summed E-state index contributed by atoms with van der Waals surface area (Å²) in [7, 11) is -3.36. The zero-order chi connectivity index (χ0) is 16.1. The van der Waals surface area contributed by atoms with Gasteiger partial charge in [-0.2, -0.15) is 4.31 Å². The molecule has 0 aliphatic carbocycles. The highest BCUT2D eigenvalue weighted by molar-refractivity contribution is 7.89. The van der Waals surface area contributed by atoms with Gasteiger partial charge in [0.25, 0.3) is 0 Å². The summed E-state index contributed by atoms with van der Waals surface area (Å²) in [4.78, 5) is 2.63. The van der Waals surface area contributed by atoms with Gasteiger partial charge < -0.3 is 9.47 Å². The number of hydrogen-bond donors (Lipinski definition) is 0. The average Bonchev–Trinajstić information content (AvgIpc) is 3.10. The number of sulfonamides is 1. The van der Waals surface area contributed by atoms with E-state index in [9.17, 15) is 8.42 Å². The zero-order valence-corrected chi connectivity index (χ0v) is 14.1. The van der Waals surface area contributed by atoms with Crippen molar-refractivity contribution in [2.75, 3.05) is 52.5 Å². The number of hydrogen-bond acceptors (Lipinski definition) is 5. The highest BCUT2D eigenvalue weighted by Gasteiger charge is 2.28. The van der Waals surface area contributed by atoms with Gasteiger partial charge in [0.05, 0.1) is 24.2 Å². The molecule has 0 spiro atoms. The molecule has 0 radical (unpaired) electrons. The van der Waals surface area contributed by atoms with Gasteiger partial charge in [-0.05, 0) is 18.6 Å². The first kappa shape index (κ1) is 16.9. The summed E-state index contributed by atoms with van der Waals surface area (Å²) in [6, 6.07) is 8.64. The number of piperazine rings is 1. The third-order valence-corrected chi connectivity index (χ3v) is 6.27. The molecule has 0 aromatic heterocycles. The van der Waals surface area contributed by atoms with Crippen LogP contribution in [0.2, 0.25) is 0 Å². The van der Waals surface area contributed by atoms with Crippen LogP contribution in [0, 0.1) is 0 Å². The van der Waals surface area contributed by atoms with Crippen molar-refractivity contribution >= 4 is 10.0 Å². The molecule has 128 valence electrons. The second-order valence-corrected chi connectivity index (χ2v) is 7.85. The van der Waals surface area contributed by atoms with Crippen molar-refractivity contribution in [2.24, 2.45) is 0 Å². The lowest BCUT2D eigenvalue weighted by Gasteiger charge is -2.34. The van der Waals surface area contributed by atoms with Crippen molar-refractivity contribution < 1.29 is 17.9 Å². The lowest BCUT2D eigenvalue weighted by Crippen LogP contribution is -2.49. The van der Waals surface area contributed by atoms with Crippen LogP contribution in [0.5, 0.6) is 0 Å². The van der Waals surface area contributed by atoms with Crippen molar-refractivity contribution in [1.82, 2.24) is 9.21 Å². The standard InChI is InChI=1S/C16H24N2O4S/c19-23(20,16-4-2-1-3-5-16)18-9-7-17(8-10-18)11-13-22-15-6-12-21-14-15/h1-5,15H,6-14H2. The minimum absolute atomic E-state index is 0.231. The maximum Gasteiger partial charge on any atom is 0.243 e. The molecule has 23 heavy (non-hydrogen) atoms. The molecule has 2 saturated heterocycles. The normalized spacial score (nSPS) is 24.1. The Kier molecular flexibility index (Phi) is 5.66. The van der Waals surface area contributed by atoms with Gasteiger partial charge in [-0.3, -0.25) is 4.90 Å². The van der Waals surface area contributed by atoms with Crippen LogP contribution in [0.25, 0.3) is 0 Å². The molecule has 0 N–H and O–H groups in total. The molecule has 1 aromatic carbocycles. The molecule has 0 saturated carbocycles. The Hall–Kier alpha value is -0.990. The molecule has 1 aromatic rings. The van der Waals surface area contributed by atoms with Crippen molar-refractivity contribution in [3.8, 4) is 0 Å². The van der Waals surface area contributed by atoms with E-state index in [-0.39, 0.29) is 6.10 Å². The predicted octanol–water partition coefficient (Wildman–Crippen LogP) is 0.798. The Morgan fingerprint density at radius 3 is 2.52 bits per heavy atom. The molecule has 3 rings (SSSR count). The molecular weight excluding hydrogens is 316 g/mol. The average molecular weight is 340 g/mol. The van der Waals surface area contributed by atoms with E-state index in [4.69, 9.17) is 9.47 Å². The van der Waals surface area contributed by atoms with Crippen molar-refractivity contribution in [2.45, 2.75) is 17.4 Å². The van der Waals surface area contributed by atoms with Gasteiger partial charge in [0.1, 0.15) is 0 Å². The first-order chi connectivity index (χ1) is 11.2. The van der Waals surface area contributed by atoms with E-state index in [1.807, 2.05) is 6.07 Å². The molecule has 7 heteroatoms. The molecule has 0 amide bonds. The Morgan fingerprint density at radius 2 is 1.87 bits per heavy atom. The first-order valence-electron chi connectivity index (χ1n) is 8.13. The highest BCUT2D eigenvalue weighted by atomic mass is 32.2. The van der Waals surface area contributed by atoms with E-state index in [0.717, 1.165) is 32.7 Å². The van der Waals surface area contributed by atoms with Gasteiger partial charge in [0.15, 0.2) is 0 Å². The van der Waals surface area contributed by atoms with Gasteiger partial charge in [-0.1, -0.05) is 18.2 Å². The van der Waals surface area contributed by atoms with Crippen LogP contribution < -0.4 is 0 Å². The molecule has 2 heterocycles. The summed E-state index contributed by atoms with van der Waals surface area (Å²) in [5.74, 6) is 0. The zero-order valence-electron chi connectivity index (χ0n) is 13.3. The van der Waals surface area contributed by atoms with E-state index in [1.165, 1.54) is 0 Å². The van der Waals surface area contributed by atoms with Crippen LogP contribution in [0.15, 0.2) is 35.2 Å². The summed E-state index contributed by atoms with van der Waals surface area (Å²) >= 11 is 0. The third kappa shape index (κ3) is 4.30. The summed E-state index contributed by atoms with van der Waals surface area (Å²) in [6.07, 6.45) is 1.21. The number of rotatable bonds is 6. The molecule has 2 aliphatic heterocycles. The fourth-order valence-electron chi connectivity index (χ4n) is 2.93. The Balaban J connectivity index is 1.44. The highest BCUT2D eigenvalue weighted by Crippen LogP contribution is 2.17. The Morgan fingerprint density at radius 1 is 1.13 bits per heavy atom. The maximum atomic E-state index is 12.6. The second kappa shape index (κ2) is 7.72. The monoisotopic (exact) mass is 340 g/mol. The van der Waals surface area contributed by atoms with Gasteiger partial charge in [-0.25, -0.2) is 8.42 Å². The van der Waals surface area contributed by atoms with Crippen LogP contribution in [-0.2, 0) is 19.5 Å². The van der Waals surface area contributed by atoms with E-state index >= 15 is 0 Å². The van der Waals surface area contributed by atoms with Gasteiger partial charge in [0, 0.05) is 39.3 Å². The maximum absolute atomic E-state index is 12.6. The molecule has 0 bridgehead atoms. The Bertz CT molecular complexity index is 579. The molecular formula is C16H24N2O4S. The van der Waals surface area contributed by atoms with Gasteiger partial charge >= 0.3 is 0 Å². The fourth-order valence-corrected chi connectivity index (χ4v) is 4.37. The second-order valence-electron chi connectivity index (χ2n) is 5.92. The van der Waals surface area contributed by atoms with Gasteiger partial charge in [0.2, 0.25) is 10.0 Å². The predicted molar refractivity (Wildman–Crippen MR) is 86.8 cm³/mol. The first-order valence-corrected chi connectivity index (χ1v) is 9.57. The lowest BCUT2D eigenvalue weighted by molar-refractivity contribution is 0.0256. The number of ether oxygens (including phenoxy) is 2. The molecule has 1 atom stereocenters. The number of benzene rings is 1. The quantitative estimate of drug-likeness (QED) is 0.767. The molecule has 2 aliphatic rings.